The lowest BCUT2D eigenvalue weighted by Crippen LogP contribution is -2.42. The molecule has 1 aliphatic rings. The van der Waals surface area contributed by atoms with Gasteiger partial charge in [0.15, 0.2) is 0 Å². The summed E-state index contributed by atoms with van der Waals surface area (Å²) in [4.78, 5) is 14.6. The predicted octanol–water partition coefficient (Wildman–Crippen LogP) is 4.38. The van der Waals surface area contributed by atoms with Crippen LogP contribution in [0.4, 0.5) is 0 Å². The lowest BCUT2D eigenvalue weighted by molar-refractivity contribution is -0.131. The molecule has 24 heavy (non-hydrogen) atoms. The predicted molar refractivity (Wildman–Crippen MR) is 98.9 cm³/mol. The first kappa shape index (κ1) is 17.2. The molecule has 128 valence electrons. The molecule has 1 saturated heterocycles. The van der Waals surface area contributed by atoms with Gasteiger partial charge >= 0.3 is 0 Å². The Morgan fingerprint density at radius 3 is 2.62 bits per heavy atom. The number of furan rings is 1. The van der Waals surface area contributed by atoms with Gasteiger partial charge in [-0.2, -0.15) is 0 Å². The Kier molecular flexibility index (Phi) is 6.02. The van der Waals surface area contributed by atoms with Gasteiger partial charge in [0.2, 0.25) is 5.91 Å². The minimum atomic E-state index is -0.0132. The topological polar surface area (TPSA) is 33.5 Å². The van der Waals surface area contributed by atoms with Gasteiger partial charge in [-0.15, -0.1) is 11.8 Å². The fourth-order valence-electron chi connectivity index (χ4n) is 3.24. The molecule has 0 radical (unpaired) electrons. The van der Waals surface area contributed by atoms with Crippen LogP contribution in [0.1, 0.15) is 31.1 Å². The summed E-state index contributed by atoms with van der Waals surface area (Å²) in [5.41, 5.74) is 1.41. The van der Waals surface area contributed by atoms with Crippen LogP contribution in [-0.4, -0.2) is 29.1 Å². The van der Waals surface area contributed by atoms with Crippen LogP contribution in [0, 0.1) is 5.92 Å². The molecule has 2 aromatic rings. The maximum Gasteiger partial charge on any atom is 0.235 e. The fraction of sp³-hybridized carbons (Fsp3) is 0.450. The van der Waals surface area contributed by atoms with Crippen LogP contribution in [0.15, 0.2) is 53.1 Å². The molecule has 3 nitrogen and oxygen atoms in total. The average Bonchev–Trinajstić information content (AvgIpc) is 3.14. The Morgan fingerprint density at radius 1 is 1.21 bits per heavy atom. The van der Waals surface area contributed by atoms with Crippen molar-refractivity contribution < 1.29 is 9.21 Å². The van der Waals surface area contributed by atoms with Crippen LogP contribution in [-0.2, 0) is 17.0 Å². The van der Waals surface area contributed by atoms with Crippen molar-refractivity contribution in [3.8, 4) is 0 Å². The van der Waals surface area contributed by atoms with E-state index in [1.807, 2.05) is 24.0 Å². The van der Waals surface area contributed by atoms with E-state index in [9.17, 15) is 4.79 Å². The summed E-state index contributed by atoms with van der Waals surface area (Å²) in [5.74, 6) is 2.65. The second kappa shape index (κ2) is 8.43. The normalized spacial score (nSPS) is 17.0. The first-order valence-electron chi connectivity index (χ1n) is 8.69. The van der Waals surface area contributed by atoms with Gasteiger partial charge in [-0.25, -0.2) is 0 Å². The minimum Gasteiger partial charge on any atom is -0.468 e. The number of carbonyl (C=O) groups is 1. The van der Waals surface area contributed by atoms with Gasteiger partial charge in [-0.05, 0) is 49.8 Å². The van der Waals surface area contributed by atoms with Gasteiger partial charge < -0.3 is 9.32 Å². The molecule has 1 amide bonds. The molecule has 3 rings (SSSR count). The third-order valence-corrected chi connectivity index (χ3v) is 5.85. The molecule has 1 aliphatic heterocycles. The number of thioether (sulfide) groups is 1. The Morgan fingerprint density at radius 2 is 1.96 bits per heavy atom. The van der Waals surface area contributed by atoms with Crippen molar-refractivity contribution in [3.63, 3.8) is 0 Å². The number of rotatable bonds is 6. The molecule has 1 aromatic carbocycles. The van der Waals surface area contributed by atoms with Gasteiger partial charge in [0, 0.05) is 13.1 Å². The zero-order valence-electron chi connectivity index (χ0n) is 14.2. The quantitative estimate of drug-likeness (QED) is 0.780. The van der Waals surface area contributed by atoms with Crippen molar-refractivity contribution in [2.45, 2.75) is 37.2 Å². The van der Waals surface area contributed by atoms with E-state index in [0.29, 0.717) is 5.92 Å². The Labute approximate surface area is 148 Å². The molecular formula is C20H25NO2S. The molecule has 0 aliphatic carbocycles. The highest BCUT2D eigenvalue weighted by Gasteiger charge is 2.26. The largest absolute Gasteiger partial charge is 0.468 e. The molecule has 0 bridgehead atoms. The summed E-state index contributed by atoms with van der Waals surface area (Å²) < 4.78 is 5.33. The Balaban J connectivity index is 1.42. The van der Waals surface area contributed by atoms with Crippen LogP contribution < -0.4 is 0 Å². The highest BCUT2D eigenvalue weighted by Crippen LogP contribution is 2.25. The molecule has 1 unspecified atom stereocenters. The second-order valence-electron chi connectivity index (χ2n) is 6.49. The standard InChI is InChI=1S/C20H25NO2S/c1-16(24-15-19-8-5-13-23-19)20(22)21-11-9-18(10-12-21)14-17-6-3-2-4-7-17/h2-8,13,16,18H,9-12,14-15H2,1H3. The number of benzene rings is 1. The van der Waals surface area contributed by atoms with Crippen LogP contribution >= 0.6 is 11.8 Å². The number of hydrogen-bond acceptors (Lipinski definition) is 3. The molecule has 1 aromatic heterocycles. The molecule has 1 atom stereocenters. The summed E-state index contributed by atoms with van der Waals surface area (Å²) in [6.45, 7) is 3.79. The van der Waals surface area contributed by atoms with Gasteiger partial charge in [0.25, 0.3) is 0 Å². The van der Waals surface area contributed by atoms with Crippen LogP contribution in [0.2, 0.25) is 0 Å². The van der Waals surface area contributed by atoms with Crippen LogP contribution in [0.3, 0.4) is 0 Å². The molecular weight excluding hydrogens is 318 g/mol. The SMILES string of the molecule is CC(SCc1ccco1)C(=O)N1CCC(Cc2ccccc2)CC1. The fourth-order valence-corrected chi connectivity index (χ4v) is 4.11. The Hall–Kier alpha value is -1.68. The summed E-state index contributed by atoms with van der Waals surface area (Å²) in [6, 6.07) is 14.5. The van der Waals surface area contributed by atoms with Crippen molar-refractivity contribution >= 4 is 17.7 Å². The van der Waals surface area contributed by atoms with E-state index in [1.54, 1.807) is 18.0 Å². The van der Waals surface area contributed by atoms with E-state index >= 15 is 0 Å². The number of piperidine rings is 1. The zero-order valence-corrected chi connectivity index (χ0v) is 15.0. The highest BCUT2D eigenvalue weighted by molar-refractivity contribution is 7.99. The van der Waals surface area contributed by atoms with Crippen molar-refractivity contribution in [2.24, 2.45) is 5.92 Å². The second-order valence-corrected chi connectivity index (χ2v) is 7.82. The number of likely N-dealkylation sites (tertiary alicyclic amines) is 1. The van der Waals surface area contributed by atoms with E-state index in [4.69, 9.17) is 4.42 Å². The van der Waals surface area contributed by atoms with E-state index in [1.165, 1.54) is 5.56 Å². The maximum absolute atomic E-state index is 12.6. The van der Waals surface area contributed by atoms with Crippen LogP contribution in [0.5, 0.6) is 0 Å². The molecule has 0 spiro atoms. The molecule has 0 saturated carbocycles. The lowest BCUT2D eigenvalue weighted by Gasteiger charge is -2.33. The van der Waals surface area contributed by atoms with Gasteiger partial charge in [0.05, 0.1) is 17.3 Å². The van der Waals surface area contributed by atoms with Crippen molar-refractivity contribution in [1.82, 2.24) is 4.90 Å². The summed E-state index contributed by atoms with van der Waals surface area (Å²) in [7, 11) is 0. The van der Waals surface area contributed by atoms with Crippen molar-refractivity contribution in [1.29, 1.82) is 0 Å². The first-order chi connectivity index (χ1) is 11.7. The maximum atomic E-state index is 12.6. The first-order valence-corrected chi connectivity index (χ1v) is 9.74. The summed E-state index contributed by atoms with van der Waals surface area (Å²) in [5, 5.41) is -0.0132. The van der Waals surface area contributed by atoms with E-state index in [-0.39, 0.29) is 11.2 Å². The van der Waals surface area contributed by atoms with Gasteiger partial charge in [0.1, 0.15) is 5.76 Å². The molecule has 2 heterocycles. The third-order valence-electron chi connectivity index (χ3n) is 4.70. The number of nitrogens with zero attached hydrogens (tertiary/aromatic N) is 1. The monoisotopic (exact) mass is 343 g/mol. The molecule has 4 heteroatoms. The minimum absolute atomic E-state index is 0.0132. The lowest BCUT2D eigenvalue weighted by atomic mass is 9.90. The van der Waals surface area contributed by atoms with Crippen LogP contribution in [0.25, 0.3) is 0 Å². The van der Waals surface area contributed by atoms with E-state index < -0.39 is 0 Å². The number of hydrogen-bond donors (Lipinski definition) is 0. The average molecular weight is 343 g/mol. The van der Waals surface area contributed by atoms with Gasteiger partial charge in [-0.1, -0.05) is 30.3 Å². The highest BCUT2D eigenvalue weighted by atomic mass is 32.2. The molecule has 0 N–H and O–H groups in total. The third kappa shape index (κ3) is 4.67. The zero-order chi connectivity index (χ0) is 16.8. The summed E-state index contributed by atoms with van der Waals surface area (Å²) in [6.07, 6.45) is 5.03. The van der Waals surface area contributed by atoms with E-state index in [2.05, 4.69) is 30.3 Å². The summed E-state index contributed by atoms with van der Waals surface area (Å²) >= 11 is 1.65. The number of amides is 1. The van der Waals surface area contributed by atoms with E-state index in [0.717, 1.165) is 43.9 Å². The number of carbonyl (C=O) groups excluding carboxylic acids is 1. The Bertz CT molecular complexity index is 618. The van der Waals surface area contributed by atoms with Crippen molar-refractivity contribution in [3.05, 3.63) is 60.1 Å². The van der Waals surface area contributed by atoms with Gasteiger partial charge in [-0.3, -0.25) is 4.79 Å². The smallest absolute Gasteiger partial charge is 0.235 e. The van der Waals surface area contributed by atoms with Crippen molar-refractivity contribution in [2.75, 3.05) is 13.1 Å². The molecule has 1 fully saturated rings.